The quantitative estimate of drug-likeness (QED) is 0.510. The van der Waals surface area contributed by atoms with E-state index in [2.05, 4.69) is 0 Å². The van der Waals surface area contributed by atoms with Crippen LogP contribution in [-0.2, 0) is 9.53 Å². The number of benzene rings is 1. The zero-order chi connectivity index (χ0) is 18.6. The lowest BCUT2D eigenvalue weighted by Gasteiger charge is -2.18. The second kappa shape index (κ2) is 7.41. The van der Waals surface area contributed by atoms with Crippen molar-refractivity contribution < 1.29 is 19.1 Å². The van der Waals surface area contributed by atoms with Gasteiger partial charge in [0.2, 0.25) is 0 Å². The van der Waals surface area contributed by atoms with Gasteiger partial charge in [-0.2, -0.15) is 5.26 Å². The molecule has 132 valence electrons. The number of hydrogen-bond acceptors (Lipinski definition) is 6. The summed E-state index contributed by atoms with van der Waals surface area (Å²) in [4.78, 5) is 13.9. The summed E-state index contributed by atoms with van der Waals surface area (Å²) in [6.07, 6.45) is 1.38. The topological polar surface area (TPSA) is 86.7 Å². The average molecular weight is 342 g/mol. The van der Waals surface area contributed by atoms with Gasteiger partial charge in [0.05, 0.1) is 6.61 Å². The number of ether oxygens (including phenoxy) is 1. The Bertz CT molecular complexity index is 837. The number of fused-ring (bicyclic) bond motifs is 1. The van der Waals surface area contributed by atoms with Gasteiger partial charge in [-0.1, -0.05) is 0 Å². The number of hydrogen-bond donors (Lipinski definition) is 1. The molecule has 0 bridgehead atoms. The van der Waals surface area contributed by atoms with E-state index in [0.717, 1.165) is 11.1 Å². The molecule has 0 radical (unpaired) electrons. The Morgan fingerprint density at radius 1 is 1.40 bits per heavy atom. The number of esters is 1. The van der Waals surface area contributed by atoms with E-state index < -0.39 is 11.6 Å². The molecule has 2 aromatic rings. The van der Waals surface area contributed by atoms with Crippen LogP contribution in [-0.4, -0.2) is 36.9 Å². The smallest absolute Gasteiger partial charge is 0.349 e. The van der Waals surface area contributed by atoms with Crippen LogP contribution >= 0.6 is 0 Å². The molecule has 0 saturated heterocycles. The Morgan fingerprint density at radius 2 is 2.12 bits per heavy atom. The predicted octanol–water partition coefficient (Wildman–Crippen LogP) is 3.11. The van der Waals surface area contributed by atoms with Crippen LogP contribution in [0.2, 0.25) is 0 Å². The first-order chi connectivity index (χ1) is 11.7. The number of rotatable bonds is 5. The molecule has 0 fully saturated rings. The Kier molecular flexibility index (Phi) is 5.50. The van der Waals surface area contributed by atoms with Crippen LogP contribution in [0, 0.1) is 11.3 Å². The van der Waals surface area contributed by atoms with Crippen molar-refractivity contribution in [2.24, 2.45) is 0 Å². The van der Waals surface area contributed by atoms with Crippen molar-refractivity contribution in [1.29, 1.82) is 5.26 Å². The molecule has 6 nitrogen and oxygen atoms in total. The molecular formula is C19H22N2O4. The lowest BCUT2D eigenvalue weighted by atomic mass is 10.1. The van der Waals surface area contributed by atoms with Crippen molar-refractivity contribution in [3.63, 3.8) is 0 Å². The number of carbonyl (C=O) groups excluding carboxylic acids is 1. The summed E-state index contributed by atoms with van der Waals surface area (Å²) in [5.41, 5.74) is 0.744. The number of anilines is 1. The molecule has 0 spiro atoms. The molecule has 1 N–H and O–H groups in total. The third kappa shape index (κ3) is 4.85. The van der Waals surface area contributed by atoms with Gasteiger partial charge >= 0.3 is 5.97 Å². The van der Waals surface area contributed by atoms with Crippen LogP contribution in [0.5, 0.6) is 0 Å². The van der Waals surface area contributed by atoms with Crippen molar-refractivity contribution in [3.8, 4) is 6.07 Å². The van der Waals surface area contributed by atoms with Crippen molar-refractivity contribution >= 4 is 28.7 Å². The molecular weight excluding hydrogens is 320 g/mol. The van der Waals surface area contributed by atoms with Gasteiger partial charge in [-0.05, 0) is 39.0 Å². The first kappa shape index (κ1) is 18.6. The minimum Gasteiger partial charge on any atom is -0.457 e. The number of carbonyl (C=O) groups is 1. The number of aliphatic hydroxyl groups excluding tert-OH is 1. The third-order valence-corrected chi connectivity index (χ3v) is 3.42. The summed E-state index contributed by atoms with van der Waals surface area (Å²) in [5.74, 6) is -0.279. The SMILES string of the molecule is CN(CCO)c1ccc2cc(/C=C(\C#N)C(=O)OC(C)(C)C)oc2c1. The minimum atomic E-state index is -0.682. The highest BCUT2D eigenvalue weighted by atomic mass is 16.6. The van der Waals surface area contributed by atoms with Crippen molar-refractivity contribution in [1.82, 2.24) is 0 Å². The number of nitriles is 1. The van der Waals surface area contributed by atoms with Crippen LogP contribution < -0.4 is 4.90 Å². The molecule has 2 rings (SSSR count). The molecule has 0 saturated carbocycles. The van der Waals surface area contributed by atoms with Crippen LogP contribution in [0.1, 0.15) is 26.5 Å². The number of aliphatic hydroxyl groups is 1. The summed E-state index contributed by atoms with van der Waals surface area (Å²) >= 11 is 0. The van der Waals surface area contributed by atoms with Gasteiger partial charge in [-0.3, -0.25) is 0 Å². The van der Waals surface area contributed by atoms with Crippen LogP contribution in [0.3, 0.4) is 0 Å². The molecule has 0 aliphatic heterocycles. The van der Waals surface area contributed by atoms with Crippen molar-refractivity contribution in [2.75, 3.05) is 25.1 Å². The van der Waals surface area contributed by atoms with Gasteiger partial charge < -0.3 is 19.2 Å². The largest absolute Gasteiger partial charge is 0.457 e. The highest BCUT2D eigenvalue weighted by Gasteiger charge is 2.20. The fourth-order valence-corrected chi connectivity index (χ4v) is 2.24. The Morgan fingerprint density at radius 3 is 2.72 bits per heavy atom. The fourth-order valence-electron chi connectivity index (χ4n) is 2.24. The molecule has 25 heavy (non-hydrogen) atoms. The van der Waals surface area contributed by atoms with Gasteiger partial charge in [0.1, 0.15) is 28.6 Å². The molecule has 1 heterocycles. The first-order valence-corrected chi connectivity index (χ1v) is 7.94. The van der Waals surface area contributed by atoms with Gasteiger partial charge in [-0.15, -0.1) is 0 Å². The standard InChI is InChI=1S/C19H22N2O4/c1-19(2,3)25-18(23)14(12-20)10-16-9-13-5-6-15(11-17(13)24-16)21(4)7-8-22/h5-6,9-11,22H,7-8H2,1-4H3/b14-10+. The molecule has 0 atom stereocenters. The van der Waals surface area contributed by atoms with Crippen molar-refractivity contribution in [3.05, 3.63) is 35.6 Å². The van der Waals surface area contributed by atoms with Crippen LogP contribution in [0.25, 0.3) is 17.0 Å². The molecule has 0 unspecified atom stereocenters. The summed E-state index contributed by atoms with van der Waals surface area (Å²) in [6.45, 7) is 5.79. The lowest BCUT2D eigenvalue weighted by molar-refractivity contribution is -0.149. The first-order valence-electron chi connectivity index (χ1n) is 7.94. The van der Waals surface area contributed by atoms with E-state index >= 15 is 0 Å². The number of furan rings is 1. The van der Waals surface area contributed by atoms with E-state index in [-0.39, 0.29) is 12.2 Å². The van der Waals surface area contributed by atoms with E-state index in [4.69, 9.17) is 14.3 Å². The van der Waals surface area contributed by atoms with Crippen molar-refractivity contribution in [2.45, 2.75) is 26.4 Å². The van der Waals surface area contributed by atoms with E-state index in [1.54, 1.807) is 26.8 Å². The lowest BCUT2D eigenvalue weighted by Crippen LogP contribution is -2.24. The Hall–Kier alpha value is -2.78. The molecule has 1 aromatic heterocycles. The normalized spacial score (nSPS) is 12.1. The van der Waals surface area contributed by atoms with Gasteiger partial charge in [0.25, 0.3) is 0 Å². The maximum atomic E-state index is 12.0. The second-order valence-electron chi connectivity index (χ2n) is 6.69. The predicted molar refractivity (Wildman–Crippen MR) is 96.0 cm³/mol. The van der Waals surface area contributed by atoms with Crippen LogP contribution in [0.4, 0.5) is 5.69 Å². The maximum Gasteiger partial charge on any atom is 0.349 e. The molecule has 0 amide bonds. The Labute approximate surface area is 146 Å². The summed E-state index contributed by atoms with van der Waals surface area (Å²) in [5, 5.41) is 19.1. The average Bonchev–Trinajstić information content (AvgIpc) is 2.92. The van der Waals surface area contributed by atoms with E-state index in [9.17, 15) is 10.1 Å². The maximum absolute atomic E-state index is 12.0. The molecule has 1 aromatic carbocycles. The Balaban J connectivity index is 2.31. The molecule has 0 aliphatic carbocycles. The molecule has 0 aliphatic rings. The van der Waals surface area contributed by atoms with Gasteiger partial charge in [-0.25, -0.2) is 4.79 Å². The molecule has 6 heteroatoms. The fraction of sp³-hybridized carbons (Fsp3) is 0.368. The summed E-state index contributed by atoms with van der Waals surface area (Å²) in [7, 11) is 1.87. The number of nitrogens with zero attached hydrogens (tertiary/aromatic N) is 2. The highest BCUT2D eigenvalue weighted by Crippen LogP contribution is 2.26. The monoisotopic (exact) mass is 342 g/mol. The van der Waals surface area contributed by atoms with E-state index in [1.807, 2.05) is 36.2 Å². The zero-order valence-electron chi connectivity index (χ0n) is 14.9. The van der Waals surface area contributed by atoms with E-state index in [1.165, 1.54) is 6.08 Å². The second-order valence-corrected chi connectivity index (χ2v) is 6.69. The summed E-state index contributed by atoms with van der Waals surface area (Å²) in [6, 6.07) is 9.26. The third-order valence-electron chi connectivity index (χ3n) is 3.42. The zero-order valence-corrected chi connectivity index (χ0v) is 14.9. The van der Waals surface area contributed by atoms with E-state index in [0.29, 0.717) is 17.9 Å². The summed E-state index contributed by atoms with van der Waals surface area (Å²) < 4.78 is 10.9. The number of likely N-dealkylation sites (N-methyl/N-ethyl adjacent to an activating group) is 1. The highest BCUT2D eigenvalue weighted by molar-refractivity contribution is 5.98. The van der Waals surface area contributed by atoms with Gasteiger partial charge in [0, 0.05) is 36.8 Å². The van der Waals surface area contributed by atoms with Crippen LogP contribution in [0.15, 0.2) is 34.3 Å². The minimum absolute atomic E-state index is 0.0576. The van der Waals surface area contributed by atoms with Gasteiger partial charge in [0.15, 0.2) is 0 Å².